The predicted molar refractivity (Wildman–Crippen MR) is 107 cm³/mol. The molecule has 5 nitrogen and oxygen atoms in total. The van der Waals surface area contributed by atoms with Crippen molar-refractivity contribution in [1.29, 1.82) is 0 Å². The lowest BCUT2D eigenvalue weighted by Gasteiger charge is -2.47. The summed E-state index contributed by atoms with van der Waals surface area (Å²) in [6, 6.07) is 14.3. The van der Waals surface area contributed by atoms with Crippen LogP contribution in [0, 0.1) is 6.92 Å². The van der Waals surface area contributed by atoms with Crippen LogP contribution >= 0.6 is 0 Å². The maximum atomic E-state index is 10.6. The van der Waals surface area contributed by atoms with Crippen LogP contribution in [0.2, 0.25) is 0 Å². The fourth-order valence-electron chi connectivity index (χ4n) is 3.85. The third-order valence-electron chi connectivity index (χ3n) is 5.94. The van der Waals surface area contributed by atoms with Crippen LogP contribution in [0.4, 0.5) is 0 Å². The molecule has 1 heterocycles. The molecule has 1 fully saturated rings. The molecule has 0 radical (unpaired) electrons. The Morgan fingerprint density at radius 3 is 2.21 bits per heavy atom. The topological polar surface area (TPSA) is 90.2 Å². The second kappa shape index (κ2) is 8.31. The van der Waals surface area contributed by atoms with Crippen LogP contribution in [0.1, 0.15) is 41.7 Å². The number of rotatable bonds is 5. The van der Waals surface area contributed by atoms with Crippen molar-refractivity contribution < 1.29 is 25.2 Å². The lowest BCUT2D eigenvalue weighted by Crippen LogP contribution is -2.62. The van der Waals surface area contributed by atoms with Crippen LogP contribution in [0.25, 0.3) is 0 Å². The van der Waals surface area contributed by atoms with E-state index in [0.717, 1.165) is 24.0 Å². The first-order chi connectivity index (χ1) is 13.3. The Bertz CT molecular complexity index is 801. The average molecular weight is 386 g/mol. The highest BCUT2D eigenvalue weighted by atomic mass is 16.6. The highest BCUT2D eigenvalue weighted by Crippen LogP contribution is 2.39. The highest BCUT2D eigenvalue weighted by molar-refractivity contribution is 5.39. The molecule has 1 aliphatic heterocycles. The van der Waals surface area contributed by atoms with Crippen molar-refractivity contribution in [2.24, 2.45) is 0 Å². The van der Waals surface area contributed by atoms with Gasteiger partial charge in [-0.1, -0.05) is 49.4 Å². The van der Waals surface area contributed by atoms with Crippen molar-refractivity contribution in [2.45, 2.75) is 63.6 Å². The van der Waals surface area contributed by atoms with E-state index >= 15 is 0 Å². The van der Waals surface area contributed by atoms with E-state index in [9.17, 15) is 20.4 Å². The van der Waals surface area contributed by atoms with Gasteiger partial charge in [0, 0.05) is 0 Å². The Morgan fingerprint density at radius 2 is 1.61 bits per heavy atom. The molecule has 0 aromatic heterocycles. The zero-order chi connectivity index (χ0) is 20.5. The summed E-state index contributed by atoms with van der Waals surface area (Å²) in [6.07, 6.45) is -3.27. The molecule has 4 N–H and O–H groups in total. The van der Waals surface area contributed by atoms with Crippen LogP contribution in [0.15, 0.2) is 42.5 Å². The molecule has 2 aromatic rings. The minimum atomic E-state index is -1.40. The first-order valence-corrected chi connectivity index (χ1v) is 9.80. The number of hydrogen-bond acceptors (Lipinski definition) is 5. The van der Waals surface area contributed by atoms with E-state index in [1.807, 2.05) is 25.1 Å². The standard InChI is InChI=1S/C23H30O5/c1-4-15-6-8-16(9-7-15)11-17-12-18(10-5-14(17)2)23(3)22(27)21(26)20(25)19(13-24)28-23/h5-10,12,19-22,24-27H,4,11,13H2,1-3H3/t19-,20+,21-,22+,23+/m0/s1. The van der Waals surface area contributed by atoms with Crippen molar-refractivity contribution >= 4 is 0 Å². The van der Waals surface area contributed by atoms with Crippen molar-refractivity contribution in [2.75, 3.05) is 6.61 Å². The summed E-state index contributed by atoms with van der Waals surface area (Å²) < 4.78 is 5.87. The summed E-state index contributed by atoms with van der Waals surface area (Å²) in [4.78, 5) is 0. The largest absolute Gasteiger partial charge is 0.394 e. The maximum Gasteiger partial charge on any atom is 0.119 e. The molecule has 0 saturated carbocycles. The molecule has 0 bridgehead atoms. The van der Waals surface area contributed by atoms with Crippen LogP contribution in [-0.2, 0) is 23.2 Å². The number of hydrogen-bond donors (Lipinski definition) is 4. The second-order valence-electron chi connectivity index (χ2n) is 7.86. The molecule has 28 heavy (non-hydrogen) atoms. The summed E-state index contributed by atoms with van der Waals surface area (Å²) >= 11 is 0. The van der Waals surface area contributed by atoms with Crippen molar-refractivity contribution in [3.05, 3.63) is 70.3 Å². The van der Waals surface area contributed by atoms with E-state index in [0.29, 0.717) is 5.56 Å². The third kappa shape index (κ3) is 3.86. The van der Waals surface area contributed by atoms with Gasteiger partial charge in [0.2, 0.25) is 0 Å². The summed E-state index contributed by atoms with van der Waals surface area (Å²) in [5.41, 5.74) is 4.17. The van der Waals surface area contributed by atoms with Crippen LogP contribution in [0.3, 0.4) is 0 Å². The van der Waals surface area contributed by atoms with E-state index in [1.165, 1.54) is 11.1 Å². The predicted octanol–water partition coefficient (Wildman–Crippen LogP) is 1.84. The van der Waals surface area contributed by atoms with E-state index in [2.05, 4.69) is 31.2 Å². The zero-order valence-corrected chi connectivity index (χ0v) is 16.7. The van der Waals surface area contributed by atoms with Gasteiger partial charge in [-0.05, 0) is 54.5 Å². The molecule has 0 aliphatic carbocycles. The van der Waals surface area contributed by atoms with Crippen molar-refractivity contribution in [3.63, 3.8) is 0 Å². The fraction of sp³-hybridized carbons (Fsp3) is 0.478. The van der Waals surface area contributed by atoms with Gasteiger partial charge in [-0.15, -0.1) is 0 Å². The van der Waals surface area contributed by atoms with Gasteiger partial charge in [0.1, 0.15) is 30.0 Å². The summed E-state index contributed by atoms with van der Waals surface area (Å²) in [6.45, 7) is 5.40. The SMILES string of the molecule is CCc1ccc(Cc2cc([C@@]3(C)O[C@@H](CO)[C@@H](O)[C@H](O)[C@H]3O)ccc2C)cc1. The smallest absolute Gasteiger partial charge is 0.119 e. The molecular weight excluding hydrogens is 356 g/mol. The fourth-order valence-corrected chi connectivity index (χ4v) is 3.85. The molecule has 0 unspecified atom stereocenters. The van der Waals surface area contributed by atoms with Gasteiger partial charge < -0.3 is 25.2 Å². The Morgan fingerprint density at radius 1 is 0.964 bits per heavy atom. The Balaban J connectivity index is 1.92. The Hall–Kier alpha value is -1.76. The monoisotopic (exact) mass is 386 g/mol. The van der Waals surface area contributed by atoms with Crippen molar-refractivity contribution in [1.82, 2.24) is 0 Å². The first kappa shape index (κ1) is 21.0. The van der Waals surface area contributed by atoms with Gasteiger partial charge in [0.15, 0.2) is 0 Å². The van der Waals surface area contributed by atoms with Crippen LogP contribution in [-0.4, -0.2) is 51.4 Å². The van der Waals surface area contributed by atoms with Gasteiger partial charge in [-0.3, -0.25) is 0 Å². The molecule has 152 valence electrons. The van der Waals surface area contributed by atoms with Gasteiger partial charge in [-0.2, -0.15) is 0 Å². The van der Waals surface area contributed by atoms with Gasteiger partial charge in [0.05, 0.1) is 6.61 Å². The second-order valence-corrected chi connectivity index (χ2v) is 7.86. The molecule has 0 amide bonds. The molecule has 5 atom stereocenters. The first-order valence-electron chi connectivity index (χ1n) is 9.80. The number of aryl methyl sites for hydroxylation is 2. The summed E-state index contributed by atoms with van der Waals surface area (Å²) in [5.74, 6) is 0. The molecular formula is C23H30O5. The van der Waals surface area contributed by atoms with Crippen LogP contribution < -0.4 is 0 Å². The summed E-state index contributed by atoms with van der Waals surface area (Å²) in [5, 5.41) is 40.4. The minimum absolute atomic E-state index is 0.441. The molecule has 0 spiro atoms. The average Bonchev–Trinajstić information content (AvgIpc) is 2.71. The number of ether oxygens (including phenoxy) is 1. The molecule has 1 saturated heterocycles. The Kier molecular flexibility index (Phi) is 6.22. The van der Waals surface area contributed by atoms with Crippen molar-refractivity contribution in [3.8, 4) is 0 Å². The lowest BCUT2D eigenvalue weighted by molar-refractivity contribution is -0.273. The van der Waals surface area contributed by atoms with Gasteiger partial charge >= 0.3 is 0 Å². The number of benzene rings is 2. The van der Waals surface area contributed by atoms with Crippen LogP contribution in [0.5, 0.6) is 0 Å². The summed E-state index contributed by atoms with van der Waals surface area (Å²) in [7, 11) is 0. The maximum absolute atomic E-state index is 10.6. The Labute approximate surface area is 166 Å². The minimum Gasteiger partial charge on any atom is -0.394 e. The van der Waals surface area contributed by atoms with E-state index < -0.39 is 36.6 Å². The van der Waals surface area contributed by atoms with E-state index in [-0.39, 0.29) is 0 Å². The molecule has 5 heteroatoms. The van der Waals surface area contributed by atoms with Gasteiger partial charge in [-0.25, -0.2) is 0 Å². The molecule has 2 aromatic carbocycles. The number of aliphatic hydroxyl groups is 4. The van der Waals surface area contributed by atoms with E-state index in [4.69, 9.17) is 4.74 Å². The molecule has 1 aliphatic rings. The zero-order valence-electron chi connectivity index (χ0n) is 16.7. The lowest BCUT2D eigenvalue weighted by atomic mass is 9.80. The molecule has 3 rings (SSSR count). The third-order valence-corrected chi connectivity index (χ3v) is 5.94. The number of aliphatic hydroxyl groups excluding tert-OH is 4. The van der Waals surface area contributed by atoms with Gasteiger partial charge in [0.25, 0.3) is 0 Å². The normalized spacial score (nSPS) is 30.4. The highest BCUT2D eigenvalue weighted by Gasteiger charge is 2.51. The van der Waals surface area contributed by atoms with E-state index in [1.54, 1.807) is 6.92 Å². The quantitative estimate of drug-likeness (QED) is 0.630.